The fourth-order valence-corrected chi connectivity index (χ4v) is 4.24. The molecule has 2 aromatic heterocycles. The fourth-order valence-electron chi connectivity index (χ4n) is 4.24. The van der Waals surface area contributed by atoms with Crippen LogP contribution in [-0.2, 0) is 6.54 Å². The van der Waals surface area contributed by atoms with E-state index in [1.807, 2.05) is 48.0 Å². The van der Waals surface area contributed by atoms with Crippen LogP contribution in [0.5, 0.6) is 0 Å². The molecule has 4 rings (SSSR count). The Bertz CT molecular complexity index is 1120. The minimum absolute atomic E-state index is 0.0298. The Morgan fingerprint density at radius 1 is 1.10 bits per heavy atom. The summed E-state index contributed by atoms with van der Waals surface area (Å²) in [6.07, 6.45) is 8.00. The van der Waals surface area contributed by atoms with E-state index in [2.05, 4.69) is 10.3 Å². The van der Waals surface area contributed by atoms with Crippen LogP contribution in [0.2, 0.25) is 0 Å². The molecule has 0 spiro atoms. The van der Waals surface area contributed by atoms with Gasteiger partial charge in [-0.2, -0.15) is 0 Å². The third-order valence-corrected chi connectivity index (χ3v) is 6.11. The van der Waals surface area contributed by atoms with Crippen LogP contribution in [0.1, 0.15) is 59.0 Å². The Labute approximate surface area is 181 Å². The van der Waals surface area contributed by atoms with Crippen molar-refractivity contribution in [2.75, 3.05) is 0 Å². The molecule has 0 saturated heterocycles. The second-order valence-corrected chi connectivity index (χ2v) is 8.24. The van der Waals surface area contributed by atoms with Gasteiger partial charge in [0.2, 0.25) is 0 Å². The molecule has 0 radical (unpaired) electrons. The van der Waals surface area contributed by atoms with Gasteiger partial charge in [-0.3, -0.25) is 9.59 Å². The Balaban J connectivity index is 1.47. The summed E-state index contributed by atoms with van der Waals surface area (Å²) in [7, 11) is 0. The van der Waals surface area contributed by atoms with E-state index < -0.39 is 0 Å². The van der Waals surface area contributed by atoms with Gasteiger partial charge in [0.1, 0.15) is 11.4 Å². The average molecular weight is 421 g/mol. The number of aliphatic hydroxyl groups excluding tert-OH is 1. The number of carbonyl (C=O) groups excluding carboxylic acids is 1. The molecular weight excluding hydrogens is 392 g/mol. The maximum atomic E-state index is 13.1. The molecule has 2 N–H and O–H groups in total. The van der Waals surface area contributed by atoms with Crippen molar-refractivity contribution in [1.29, 1.82) is 0 Å². The number of nitrogens with one attached hydrogen (secondary N) is 1. The molecule has 162 valence electrons. The molecule has 2 heterocycles. The van der Waals surface area contributed by atoms with Crippen molar-refractivity contribution < 1.29 is 9.90 Å². The highest BCUT2D eigenvalue weighted by Gasteiger charge is 2.24. The van der Waals surface area contributed by atoms with Crippen molar-refractivity contribution in [2.45, 2.75) is 58.2 Å². The van der Waals surface area contributed by atoms with Gasteiger partial charge in [-0.15, -0.1) is 0 Å². The van der Waals surface area contributed by atoms with Gasteiger partial charge >= 0.3 is 0 Å². The second kappa shape index (κ2) is 8.89. The molecule has 0 atom stereocenters. The van der Waals surface area contributed by atoms with Gasteiger partial charge in [0.05, 0.1) is 6.10 Å². The molecule has 0 bridgehead atoms. The number of pyridine rings is 1. The van der Waals surface area contributed by atoms with E-state index in [-0.39, 0.29) is 29.2 Å². The summed E-state index contributed by atoms with van der Waals surface area (Å²) in [5.74, 6) is 0.548. The van der Waals surface area contributed by atoms with Gasteiger partial charge in [0, 0.05) is 36.9 Å². The van der Waals surface area contributed by atoms with Gasteiger partial charge in [-0.1, -0.05) is 12.1 Å². The largest absolute Gasteiger partial charge is 0.393 e. The molecular formula is C24H28N4O3. The van der Waals surface area contributed by atoms with Gasteiger partial charge in [0.25, 0.3) is 11.5 Å². The number of nitrogens with zero attached hydrogens (tertiary/aromatic N) is 3. The zero-order chi connectivity index (χ0) is 22.0. The first kappa shape index (κ1) is 21.1. The second-order valence-electron chi connectivity index (χ2n) is 8.24. The molecule has 1 aromatic carbocycles. The molecule has 7 heteroatoms. The maximum absolute atomic E-state index is 13.1. The van der Waals surface area contributed by atoms with Crippen molar-refractivity contribution in [1.82, 2.24) is 19.4 Å². The third kappa shape index (κ3) is 4.46. The van der Waals surface area contributed by atoms with Crippen LogP contribution >= 0.6 is 0 Å². The lowest BCUT2D eigenvalue weighted by molar-refractivity contribution is 0.0944. The summed E-state index contributed by atoms with van der Waals surface area (Å²) >= 11 is 0. The number of benzene rings is 1. The highest BCUT2D eigenvalue weighted by Crippen LogP contribution is 2.27. The standard InChI is InChI=1S/C24H28N4O3/c1-16-11-13-28(20-7-9-21(29)10-8-20)24(31)22(16)23(30)26-15-18-3-5-19(6-4-18)27-14-12-25-17(27)2/h3-6,11-14,20-21,29H,7-10,15H2,1-2H3,(H,26,30). The first-order chi connectivity index (χ1) is 14.9. The number of carbonyl (C=O) groups is 1. The van der Waals surface area contributed by atoms with Crippen LogP contribution in [0.25, 0.3) is 5.69 Å². The van der Waals surface area contributed by atoms with Crippen LogP contribution in [0, 0.1) is 13.8 Å². The smallest absolute Gasteiger partial charge is 0.263 e. The summed E-state index contributed by atoms with van der Waals surface area (Å²) < 4.78 is 3.65. The lowest BCUT2D eigenvalue weighted by Gasteiger charge is -2.27. The Kier molecular flexibility index (Phi) is 6.04. The van der Waals surface area contributed by atoms with Crippen molar-refractivity contribution >= 4 is 5.91 Å². The van der Waals surface area contributed by atoms with E-state index in [0.717, 1.165) is 29.9 Å². The molecule has 1 fully saturated rings. The highest BCUT2D eigenvalue weighted by atomic mass is 16.3. The molecule has 1 saturated carbocycles. The van der Waals surface area contributed by atoms with E-state index in [4.69, 9.17) is 0 Å². The van der Waals surface area contributed by atoms with Crippen molar-refractivity contribution in [3.8, 4) is 5.69 Å². The first-order valence-electron chi connectivity index (χ1n) is 10.7. The molecule has 3 aromatic rings. The predicted octanol–water partition coefficient (Wildman–Crippen LogP) is 3.06. The number of aromatic nitrogens is 3. The minimum Gasteiger partial charge on any atom is -0.393 e. The number of aliphatic hydroxyl groups is 1. The summed E-state index contributed by atoms with van der Waals surface area (Å²) in [5, 5.41) is 12.6. The van der Waals surface area contributed by atoms with Crippen molar-refractivity contribution in [3.63, 3.8) is 0 Å². The van der Waals surface area contributed by atoms with Crippen molar-refractivity contribution in [2.24, 2.45) is 0 Å². The summed E-state index contributed by atoms with van der Waals surface area (Å²) in [6, 6.07) is 9.73. The lowest BCUT2D eigenvalue weighted by atomic mass is 9.92. The number of hydrogen-bond donors (Lipinski definition) is 2. The first-order valence-corrected chi connectivity index (χ1v) is 10.7. The van der Waals surface area contributed by atoms with Crippen LogP contribution in [0.15, 0.2) is 53.7 Å². The van der Waals surface area contributed by atoms with E-state index in [1.54, 1.807) is 23.9 Å². The number of amides is 1. The minimum atomic E-state index is -0.359. The summed E-state index contributed by atoms with van der Waals surface area (Å²) in [6.45, 7) is 4.07. The maximum Gasteiger partial charge on any atom is 0.263 e. The van der Waals surface area contributed by atoms with Crippen LogP contribution in [-0.4, -0.2) is 31.2 Å². The normalized spacial score (nSPS) is 18.7. The highest BCUT2D eigenvalue weighted by molar-refractivity contribution is 5.95. The Hall–Kier alpha value is -3.19. The number of aryl methyl sites for hydroxylation is 2. The summed E-state index contributed by atoms with van der Waals surface area (Å²) in [5.41, 5.74) is 2.55. The van der Waals surface area contributed by atoms with E-state index >= 15 is 0 Å². The van der Waals surface area contributed by atoms with Crippen LogP contribution in [0.4, 0.5) is 0 Å². The molecule has 1 aliphatic rings. The van der Waals surface area contributed by atoms with E-state index in [1.165, 1.54) is 0 Å². The van der Waals surface area contributed by atoms with Gasteiger partial charge < -0.3 is 19.6 Å². The Morgan fingerprint density at radius 2 is 1.81 bits per heavy atom. The average Bonchev–Trinajstić information content (AvgIpc) is 3.19. The Morgan fingerprint density at radius 3 is 2.45 bits per heavy atom. The number of rotatable bonds is 5. The number of imidazole rings is 1. The molecule has 1 amide bonds. The number of hydrogen-bond acceptors (Lipinski definition) is 4. The monoisotopic (exact) mass is 420 g/mol. The van der Waals surface area contributed by atoms with Crippen LogP contribution < -0.4 is 10.9 Å². The van der Waals surface area contributed by atoms with Gasteiger partial charge in [0.15, 0.2) is 0 Å². The molecule has 7 nitrogen and oxygen atoms in total. The summed E-state index contributed by atoms with van der Waals surface area (Å²) in [4.78, 5) is 30.2. The topological polar surface area (TPSA) is 89.1 Å². The van der Waals surface area contributed by atoms with Gasteiger partial charge in [-0.25, -0.2) is 4.98 Å². The van der Waals surface area contributed by atoms with Crippen LogP contribution in [0.3, 0.4) is 0 Å². The third-order valence-electron chi connectivity index (χ3n) is 6.11. The van der Waals surface area contributed by atoms with Crippen molar-refractivity contribution in [3.05, 3.63) is 81.8 Å². The van der Waals surface area contributed by atoms with E-state index in [9.17, 15) is 14.7 Å². The zero-order valence-electron chi connectivity index (χ0n) is 17.9. The molecule has 0 unspecified atom stereocenters. The predicted molar refractivity (Wildman–Crippen MR) is 118 cm³/mol. The van der Waals surface area contributed by atoms with E-state index in [0.29, 0.717) is 24.9 Å². The zero-order valence-corrected chi connectivity index (χ0v) is 17.9. The quantitative estimate of drug-likeness (QED) is 0.664. The van der Waals surface area contributed by atoms with Gasteiger partial charge in [-0.05, 0) is 68.9 Å². The lowest BCUT2D eigenvalue weighted by Crippen LogP contribution is -2.36. The SMILES string of the molecule is Cc1ccn(C2CCC(O)CC2)c(=O)c1C(=O)NCc1ccc(-n2ccnc2C)cc1. The molecule has 1 aliphatic carbocycles. The molecule has 0 aliphatic heterocycles. The fraction of sp³-hybridized carbons (Fsp3) is 0.375. The molecule has 31 heavy (non-hydrogen) atoms.